The summed E-state index contributed by atoms with van der Waals surface area (Å²) in [5, 5.41) is 9.02. The number of aliphatic hydroxyl groups excluding tert-OH is 1. The molecule has 45 heavy (non-hydrogen) atoms. The van der Waals surface area contributed by atoms with Crippen LogP contribution in [-0.4, -0.2) is 67.9 Å². The summed E-state index contributed by atoms with van der Waals surface area (Å²) in [5.74, 6) is -0.396. The minimum atomic E-state index is -3.70. The van der Waals surface area contributed by atoms with Crippen molar-refractivity contribution < 1.29 is 37.3 Å². The van der Waals surface area contributed by atoms with Crippen molar-refractivity contribution in [3.05, 3.63) is 90.0 Å². The fourth-order valence-electron chi connectivity index (χ4n) is 5.49. The molecule has 5 rings (SSSR count). The highest BCUT2D eigenvalue weighted by Gasteiger charge is 2.58. The van der Waals surface area contributed by atoms with E-state index in [-0.39, 0.29) is 42.5 Å². The van der Waals surface area contributed by atoms with Gasteiger partial charge in [-0.25, -0.2) is 13.4 Å². The Hall–Kier alpha value is -4.22. The summed E-state index contributed by atoms with van der Waals surface area (Å²) < 4.78 is 44.1. The number of carbonyl (C=O) groups excluding carboxylic acids is 2. The molecule has 238 valence electrons. The predicted octanol–water partition coefficient (Wildman–Crippen LogP) is 4.65. The molecule has 11 heteroatoms. The molecule has 2 aliphatic heterocycles. The van der Waals surface area contributed by atoms with Crippen LogP contribution in [0.5, 0.6) is 5.75 Å². The number of carbonyl (C=O) groups is 2. The van der Waals surface area contributed by atoms with Crippen molar-refractivity contribution in [3.63, 3.8) is 0 Å². The molecule has 0 aromatic heterocycles. The van der Waals surface area contributed by atoms with Gasteiger partial charge in [-0.05, 0) is 69.7 Å². The average molecular weight is 635 g/mol. The number of benzene rings is 3. The zero-order valence-corrected chi connectivity index (χ0v) is 26.5. The van der Waals surface area contributed by atoms with Crippen LogP contribution in [0.3, 0.4) is 0 Å². The fourth-order valence-corrected chi connectivity index (χ4v) is 6.72. The van der Waals surface area contributed by atoms with Gasteiger partial charge in [0.2, 0.25) is 5.90 Å². The Labute approximate surface area is 263 Å². The van der Waals surface area contributed by atoms with Crippen LogP contribution >= 0.6 is 0 Å². The normalized spacial score (nSPS) is 19.3. The number of aliphatic imine (C=N–C) groups is 1. The maximum atomic E-state index is 14.6. The largest absolute Gasteiger partial charge is 0.494 e. The van der Waals surface area contributed by atoms with E-state index >= 15 is 0 Å². The van der Waals surface area contributed by atoms with Gasteiger partial charge in [0.25, 0.3) is 5.91 Å². The van der Waals surface area contributed by atoms with Crippen molar-refractivity contribution in [1.82, 2.24) is 0 Å². The number of para-hydroxylation sites is 1. The first-order valence-electron chi connectivity index (χ1n) is 14.9. The van der Waals surface area contributed by atoms with E-state index in [0.717, 1.165) is 0 Å². The van der Waals surface area contributed by atoms with E-state index < -0.39 is 39.0 Å². The van der Waals surface area contributed by atoms with Gasteiger partial charge in [0.15, 0.2) is 21.5 Å². The number of hydrogen-bond donors (Lipinski definition) is 1. The van der Waals surface area contributed by atoms with Gasteiger partial charge in [0.1, 0.15) is 11.4 Å². The highest BCUT2D eigenvalue weighted by atomic mass is 32.2. The van der Waals surface area contributed by atoms with Gasteiger partial charge in [-0.15, -0.1) is 0 Å². The molecule has 0 radical (unpaired) electrons. The summed E-state index contributed by atoms with van der Waals surface area (Å²) in [6.45, 7) is 5.60. The minimum Gasteiger partial charge on any atom is -0.494 e. The first-order chi connectivity index (χ1) is 21.4. The highest BCUT2D eigenvalue weighted by molar-refractivity contribution is 7.91. The van der Waals surface area contributed by atoms with Crippen LogP contribution in [0, 0.1) is 0 Å². The predicted molar refractivity (Wildman–Crippen MR) is 169 cm³/mol. The third kappa shape index (κ3) is 7.04. The van der Waals surface area contributed by atoms with Crippen molar-refractivity contribution in [2.45, 2.75) is 62.2 Å². The van der Waals surface area contributed by atoms with Gasteiger partial charge >= 0.3 is 5.97 Å². The van der Waals surface area contributed by atoms with E-state index in [1.165, 1.54) is 17.0 Å². The third-order valence-electron chi connectivity index (χ3n) is 7.58. The van der Waals surface area contributed by atoms with Gasteiger partial charge in [-0.3, -0.25) is 9.59 Å². The molecule has 3 aromatic rings. The van der Waals surface area contributed by atoms with Gasteiger partial charge in [-0.2, -0.15) is 0 Å². The molecule has 0 fully saturated rings. The van der Waals surface area contributed by atoms with Crippen molar-refractivity contribution in [3.8, 4) is 5.75 Å². The lowest BCUT2D eigenvalue weighted by molar-refractivity contribution is -0.155. The second-order valence-electron chi connectivity index (χ2n) is 12.0. The number of sulfone groups is 1. The molecule has 10 nitrogen and oxygen atoms in total. The van der Waals surface area contributed by atoms with Crippen LogP contribution in [0.1, 0.15) is 57.3 Å². The molecular formula is C34H38N2O8S. The van der Waals surface area contributed by atoms with Gasteiger partial charge < -0.3 is 24.2 Å². The maximum Gasteiger partial charge on any atom is 0.306 e. The molecule has 0 unspecified atom stereocenters. The Kier molecular flexibility index (Phi) is 9.31. The number of esters is 1. The molecule has 0 spiro atoms. The number of aliphatic hydroxyl groups is 1. The van der Waals surface area contributed by atoms with Crippen molar-refractivity contribution in [2.24, 2.45) is 4.99 Å². The number of rotatable bonds is 12. The van der Waals surface area contributed by atoms with Crippen LogP contribution in [0.15, 0.2) is 88.8 Å². The minimum absolute atomic E-state index is 0.00641. The molecule has 0 aliphatic carbocycles. The molecule has 3 aromatic carbocycles. The van der Waals surface area contributed by atoms with Gasteiger partial charge in [-0.1, -0.05) is 36.4 Å². The van der Waals surface area contributed by atoms with E-state index in [0.29, 0.717) is 35.6 Å². The summed E-state index contributed by atoms with van der Waals surface area (Å²) >= 11 is 0. The Morgan fingerprint density at radius 1 is 1.02 bits per heavy atom. The molecule has 0 bridgehead atoms. The number of nitrogens with zero attached hydrogens (tertiary/aromatic N) is 2. The van der Waals surface area contributed by atoms with Gasteiger partial charge in [0, 0.05) is 37.1 Å². The van der Waals surface area contributed by atoms with Crippen LogP contribution in [-0.2, 0) is 28.9 Å². The molecule has 1 amide bonds. The number of fused-ring (bicyclic) bond motifs is 3. The average Bonchev–Trinajstić information content (AvgIpc) is 3.42. The van der Waals surface area contributed by atoms with E-state index in [2.05, 4.69) is 0 Å². The Morgan fingerprint density at radius 3 is 2.40 bits per heavy atom. The quantitative estimate of drug-likeness (QED) is 0.225. The van der Waals surface area contributed by atoms with Crippen molar-refractivity contribution in [2.75, 3.05) is 30.4 Å². The molecule has 2 heterocycles. The molecule has 2 aliphatic rings. The topological polar surface area (TPSA) is 132 Å². The summed E-state index contributed by atoms with van der Waals surface area (Å²) in [4.78, 5) is 34.0. The lowest BCUT2D eigenvalue weighted by Crippen LogP contribution is -2.55. The van der Waals surface area contributed by atoms with E-state index in [9.17, 15) is 18.0 Å². The van der Waals surface area contributed by atoms with E-state index in [4.69, 9.17) is 24.3 Å². The second-order valence-corrected chi connectivity index (χ2v) is 14.1. The van der Waals surface area contributed by atoms with Crippen LogP contribution in [0.25, 0.3) is 0 Å². The zero-order chi connectivity index (χ0) is 32.2. The first kappa shape index (κ1) is 32.2. The van der Waals surface area contributed by atoms with Crippen molar-refractivity contribution >= 4 is 33.3 Å². The standard InChI is InChI=1S/C34H38N2O8S/c1-33(2,3)44-29(38)18-19-34-30(43-31(35-34)24-14-16-25(17-15-24)42-22-9-21-37)27-12-7-8-13-28(27)36(32(34)39)20-23-45(40,41)26-10-5-4-6-11-26/h4-8,10-17,30,37H,9,18-23H2,1-3H3/t30-,34-/m1/s1. The molecule has 0 saturated carbocycles. The molecular weight excluding hydrogens is 596 g/mol. The monoisotopic (exact) mass is 634 g/mol. The van der Waals surface area contributed by atoms with Crippen LogP contribution in [0.4, 0.5) is 5.69 Å². The Bertz CT molecular complexity index is 1670. The SMILES string of the molecule is CC(C)(C)OC(=O)CC[C@@]12N=C(c3ccc(OCCCO)cc3)O[C@@H]1c1ccccc1N(CCS(=O)(=O)c1ccccc1)C2=O. The van der Waals surface area contributed by atoms with E-state index in [1.54, 1.807) is 75.4 Å². The number of ether oxygens (including phenoxy) is 3. The number of anilines is 1. The van der Waals surface area contributed by atoms with Crippen LogP contribution in [0.2, 0.25) is 0 Å². The molecule has 1 N–H and O–H groups in total. The second kappa shape index (κ2) is 13.0. The van der Waals surface area contributed by atoms with Crippen LogP contribution < -0.4 is 9.64 Å². The highest BCUT2D eigenvalue weighted by Crippen LogP contribution is 2.50. The van der Waals surface area contributed by atoms with Gasteiger partial charge in [0.05, 0.1) is 22.9 Å². The Morgan fingerprint density at radius 2 is 1.71 bits per heavy atom. The summed E-state index contributed by atoms with van der Waals surface area (Å²) in [7, 11) is -3.70. The summed E-state index contributed by atoms with van der Waals surface area (Å²) in [6, 6.07) is 22.4. The van der Waals surface area contributed by atoms with E-state index in [1.807, 2.05) is 12.1 Å². The first-order valence-corrected chi connectivity index (χ1v) is 16.6. The maximum absolute atomic E-state index is 14.6. The molecule has 0 saturated heterocycles. The lowest BCUT2D eigenvalue weighted by Gasteiger charge is -2.41. The molecule has 2 atom stereocenters. The Balaban J connectivity index is 1.51. The summed E-state index contributed by atoms with van der Waals surface area (Å²) in [5.41, 5.74) is -0.433. The lowest BCUT2D eigenvalue weighted by atomic mass is 9.79. The third-order valence-corrected chi connectivity index (χ3v) is 9.29. The fraction of sp³-hybridized carbons (Fsp3) is 0.382. The number of hydrogen-bond acceptors (Lipinski definition) is 9. The van der Waals surface area contributed by atoms with Crippen molar-refractivity contribution in [1.29, 1.82) is 0 Å². The summed E-state index contributed by atoms with van der Waals surface area (Å²) in [6.07, 6.45) is -0.450. The smallest absolute Gasteiger partial charge is 0.306 e. The zero-order valence-electron chi connectivity index (χ0n) is 25.6. The number of amides is 1.